The molecule has 0 spiro atoms. The maximum absolute atomic E-state index is 5.84. The van der Waals surface area contributed by atoms with E-state index in [0.717, 1.165) is 24.3 Å². The predicted octanol–water partition coefficient (Wildman–Crippen LogP) is 2.14. The van der Waals surface area contributed by atoms with E-state index in [2.05, 4.69) is 43.9 Å². The minimum absolute atomic E-state index is 0.312. The van der Waals surface area contributed by atoms with Crippen molar-refractivity contribution in [1.82, 2.24) is 15.0 Å². The second kappa shape index (κ2) is 6.68. The Morgan fingerprint density at radius 2 is 2.05 bits per heavy atom. The fourth-order valence-electron chi connectivity index (χ4n) is 3.14. The number of nitrogens with one attached hydrogen (secondary N) is 1. The number of aromatic nitrogens is 3. The zero-order valence-corrected chi connectivity index (χ0v) is 13.4. The molecule has 2 unspecified atom stereocenters. The van der Waals surface area contributed by atoms with Crippen molar-refractivity contribution in [3.05, 3.63) is 0 Å². The first-order valence-corrected chi connectivity index (χ1v) is 8.94. The van der Waals surface area contributed by atoms with E-state index >= 15 is 0 Å². The highest BCUT2D eigenvalue weighted by Gasteiger charge is 2.25. The van der Waals surface area contributed by atoms with Crippen LogP contribution in [0.25, 0.3) is 0 Å². The molecule has 2 atom stereocenters. The topological polar surface area (TPSA) is 80.0 Å². The summed E-state index contributed by atoms with van der Waals surface area (Å²) in [6.07, 6.45) is 6.04. The number of nitrogens with two attached hydrogens (primary N) is 1. The van der Waals surface area contributed by atoms with Crippen LogP contribution >= 0.6 is 11.8 Å². The van der Waals surface area contributed by atoms with Crippen molar-refractivity contribution in [2.45, 2.75) is 50.3 Å². The zero-order valence-electron chi connectivity index (χ0n) is 12.6. The van der Waals surface area contributed by atoms with Gasteiger partial charge in [0.15, 0.2) is 0 Å². The molecule has 0 radical (unpaired) electrons. The van der Waals surface area contributed by atoms with Gasteiger partial charge < -0.3 is 16.0 Å². The minimum atomic E-state index is 0.312. The number of hydrogen-bond acceptors (Lipinski definition) is 7. The van der Waals surface area contributed by atoms with E-state index in [0.29, 0.717) is 17.9 Å². The molecule has 2 aliphatic rings. The van der Waals surface area contributed by atoms with Gasteiger partial charge >= 0.3 is 0 Å². The van der Waals surface area contributed by atoms with Gasteiger partial charge in [-0.15, -0.1) is 0 Å². The molecule has 1 aliphatic heterocycles. The van der Waals surface area contributed by atoms with Crippen molar-refractivity contribution in [2.75, 3.05) is 34.8 Å². The Labute approximate surface area is 130 Å². The standard InChI is InChI=1S/C14H24N6S/c1-2-21-11-6-5-10(9-11)16-13-17-12(15)18-14(19-13)20-7-3-4-8-20/h10-11H,2-9H2,1H3,(H3,15,16,17,18,19). The fourth-order valence-corrected chi connectivity index (χ4v) is 4.29. The summed E-state index contributed by atoms with van der Waals surface area (Å²) in [5.41, 5.74) is 5.84. The average Bonchev–Trinajstić information content (AvgIpc) is 3.10. The van der Waals surface area contributed by atoms with Crippen LogP contribution in [-0.4, -0.2) is 45.1 Å². The predicted molar refractivity (Wildman–Crippen MR) is 88.9 cm³/mol. The van der Waals surface area contributed by atoms with Gasteiger partial charge in [-0.1, -0.05) is 6.92 Å². The third kappa shape index (κ3) is 3.70. The second-order valence-corrected chi connectivity index (χ2v) is 7.32. The molecule has 21 heavy (non-hydrogen) atoms. The molecule has 1 saturated heterocycles. The summed E-state index contributed by atoms with van der Waals surface area (Å²) in [6.45, 7) is 4.25. The summed E-state index contributed by atoms with van der Waals surface area (Å²) >= 11 is 2.05. The second-order valence-electron chi connectivity index (χ2n) is 5.74. The van der Waals surface area contributed by atoms with Crippen LogP contribution < -0.4 is 16.0 Å². The quantitative estimate of drug-likeness (QED) is 0.862. The molecule has 116 valence electrons. The Morgan fingerprint density at radius 3 is 2.81 bits per heavy atom. The summed E-state index contributed by atoms with van der Waals surface area (Å²) in [5.74, 6) is 2.86. The van der Waals surface area contributed by atoms with E-state index in [1.165, 1.54) is 37.9 Å². The molecule has 1 saturated carbocycles. The lowest BCUT2D eigenvalue weighted by atomic mass is 10.2. The number of nitrogens with zero attached hydrogens (tertiary/aromatic N) is 4. The molecular weight excluding hydrogens is 284 g/mol. The van der Waals surface area contributed by atoms with Crippen LogP contribution in [-0.2, 0) is 0 Å². The first-order chi connectivity index (χ1) is 10.2. The van der Waals surface area contributed by atoms with Gasteiger partial charge in [0.1, 0.15) is 0 Å². The molecule has 3 N–H and O–H groups in total. The SMILES string of the molecule is CCSC1CCC(Nc2nc(N)nc(N3CCCC3)n2)C1. The molecule has 3 rings (SSSR count). The van der Waals surface area contributed by atoms with Crippen molar-refractivity contribution < 1.29 is 0 Å². The highest BCUT2D eigenvalue weighted by Crippen LogP contribution is 2.31. The van der Waals surface area contributed by atoms with Crippen LogP contribution in [0.15, 0.2) is 0 Å². The summed E-state index contributed by atoms with van der Waals surface area (Å²) in [7, 11) is 0. The number of rotatable bonds is 5. The maximum Gasteiger partial charge on any atom is 0.231 e. The smallest absolute Gasteiger partial charge is 0.231 e. The average molecular weight is 308 g/mol. The van der Waals surface area contributed by atoms with Crippen LogP contribution in [0.2, 0.25) is 0 Å². The van der Waals surface area contributed by atoms with Crippen LogP contribution in [0.5, 0.6) is 0 Å². The molecule has 2 fully saturated rings. The number of anilines is 3. The Balaban J connectivity index is 1.65. The highest BCUT2D eigenvalue weighted by atomic mass is 32.2. The Kier molecular flexibility index (Phi) is 4.67. The molecule has 6 nitrogen and oxygen atoms in total. The molecular formula is C14H24N6S. The third-order valence-electron chi connectivity index (χ3n) is 4.15. The Bertz CT molecular complexity index is 477. The van der Waals surface area contributed by atoms with Gasteiger partial charge in [-0.2, -0.15) is 26.7 Å². The van der Waals surface area contributed by atoms with E-state index in [4.69, 9.17) is 5.73 Å². The van der Waals surface area contributed by atoms with Gasteiger partial charge in [-0.05, 0) is 37.9 Å². The summed E-state index contributed by atoms with van der Waals surface area (Å²) < 4.78 is 0. The maximum atomic E-state index is 5.84. The first-order valence-electron chi connectivity index (χ1n) is 7.89. The molecule has 1 aromatic rings. The van der Waals surface area contributed by atoms with E-state index in [9.17, 15) is 0 Å². The van der Waals surface area contributed by atoms with Gasteiger partial charge in [-0.25, -0.2) is 0 Å². The first kappa shape index (κ1) is 14.7. The molecule has 1 aliphatic carbocycles. The normalized spacial score (nSPS) is 25.5. The van der Waals surface area contributed by atoms with Gasteiger partial charge in [0.2, 0.25) is 17.8 Å². The molecule has 1 aromatic heterocycles. The van der Waals surface area contributed by atoms with Crippen molar-refractivity contribution in [3.8, 4) is 0 Å². The molecule has 0 amide bonds. The molecule has 2 heterocycles. The van der Waals surface area contributed by atoms with E-state index in [1.54, 1.807) is 0 Å². The van der Waals surface area contributed by atoms with E-state index in [1.807, 2.05) is 0 Å². The molecule has 0 bridgehead atoms. The Morgan fingerprint density at radius 1 is 1.24 bits per heavy atom. The summed E-state index contributed by atoms with van der Waals surface area (Å²) in [6, 6.07) is 0.460. The molecule has 7 heteroatoms. The van der Waals surface area contributed by atoms with Crippen molar-refractivity contribution in [2.24, 2.45) is 0 Å². The lowest BCUT2D eigenvalue weighted by Gasteiger charge is -2.18. The monoisotopic (exact) mass is 308 g/mol. The number of hydrogen-bond donors (Lipinski definition) is 2. The lowest BCUT2D eigenvalue weighted by Crippen LogP contribution is -2.24. The summed E-state index contributed by atoms with van der Waals surface area (Å²) in [4.78, 5) is 15.3. The minimum Gasteiger partial charge on any atom is -0.368 e. The van der Waals surface area contributed by atoms with Gasteiger partial charge in [0.05, 0.1) is 0 Å². The van der Waals surface area contributed by atoms with Crippen LogP contribution in [0.3, 0.4) is 0 Å². The van der Waals surface area contributed by atoms with Crippen molar-refractivity contribution in [3.63, 3.8) is 0 Å². The van der Waals surface area contributed by atoms with Gasteiger partial charge in [-0.3, -0.25) is 0 Å². The third-order valence-corrected chi connectivity index (χ3v) is 5.38. The fraction of sp³-hybridized carbons (Fsp3) is 0.786. The highest BCUT2D eigenvalue weighted by molar-refractivity contribution is 7.99. The van der Waals surface area contributed by atoms with Crippen LogP contribution in [0.4, 0.5) is 17.8 Å². The van der Waals surface area contributed by atoms with E-state index < -0.39 is 0 Å². The molecule has 0 aromatic carbocycles. The van der Waals surface area contributed by atoms with Crippen LogP contribution in [0.1, 0.15) is 39.0 Å². The van der Waals surface area contributed by atoms with Gasteiger partial charge in [0.25, 0.3) is 0 Å². The van der Waals surface area contributed by atoms with Crippen molar-refractivity contribution >= 4 is 29.6 Å². The van der Waals surface area contributed by atoms with E-state index in [-0.39, 0.29) is 0 Å². The van der Waals surface area contributed by atoms with Crippen molar-refractivity contribution in [1.29, 1.82) is 0 Å². The zero-order chi connectivity index (χ0) is 14.7. The Hall–Kier alpha value is -1.24. The lowest BCUT2D eigenvalue weighted by molar-refractivity contribution is 0.742. The van der Waals surface area contributed by atoms with Crippen LogP contribution in [0, 0.1) is 0 Å². The summed E-state index contributed by atoms with van der Waals surface area (Å²) in [5, 5.41) is 4.22. The largest absolute Gasteiger partial charge is 0.368 e. The number of nitrogen functional groups attached to an aromatic ring is 1. The number of thioether (sulfide) groups is 1. The van der Waals surface area contributed by atoms with Gasteiger partial charge in [0, 0.05) is 24.4 Å².